The number of ether oxygens (including phenoxy) is 2. The Bertz CT molecular complexity index is 1280. The molecular weight excluding hydrogens is 436 g/mol. The Hall–Kier alpha value is -4.18. The van der Waals surface area contributed by atoms with Gasteiger partial charge in [0.1, 0.15) is 11.5 Å². The molecule has 0 aliphatic carbocycles. The summed E-state index contributed by atoms with van der Waals surface area (Å²) in [5, 5.41) is 0. The van der Waals surface area contributed by atoms with Crippen molar-refractivity contribution in [3.63, 3.8) is 0 Å². The van der Waals surface area contributed by atoms with Gasteiger partial charge in [0, 0.05) is 11.1 Å². The minimum Gasteiger partial charge on any atom is -0.423 e. The lowest BCUT2D eigenvalue weighted by Gasteiger charge is -2.15. The first kappa shape index (κ1) is 25.4. The van der Waals surface area contributed by atoms with Crippen LogP contribution in [0.25, 0.3) is 27.8 Å². The third-order valence-corrected chi connectivity index (χ3v) is 5.56. The van der Waals surface area contributed by atoms with Gasteiger partial charge in [-0.15, -0.1) is 0 Å². The minimum absolute atomic E-state index is 0.348. The van der Waals surface area contributed by atoms with E-state index in [0.717, 1.165) is 44.5 Å². The van der Waals surface area contributed by atoms with Gasteiger partial charge in [0.2, 0.25) is 0 Å². The number of esters is 2. The van der Waals surface area contributed by atoms with Crippen LogP contribution in [0.15, 0.2) is 85.5 Å². The first-order valence-corrected chi connectivity index (χ1v) is 11.2. The highest BCUT2D eigenvalue weighted by Gasteiger charge is 2.13. The monoisotopic (exact) mass is 466 g/mol. The lowest BCUT2D eigenvalue weighted by molar-refractivity contribution is -0.130. The normalized spacial score (nSPS) is 10.4. The van der Waals surface area contributed by atoms with Gasteiger partial charge in [-0.3, -0.25) is 0 Å². The van der Waals surface area contributed by atoms with E-state index >= 15 is 0 Å². The van der Waals surface area contributed by atoms with Gasteiger partial charge < -0.3 is 9.47 Å². The fraction of sp³-hybridized carbons (Fsp3) is 0.161. The van der Waals surface area contributed by atoms with Crippen molar-refractivity contribution in [3.05, 3.63) is 102 Å². The van der Waals surface area contributed by atoms with E-state index in [-0.39, 0.29) is 0 Å². The molecule has 35 heavy (non-hydrogen) atoms. The summed E-state index contributed by atoms with van der Waals surface area (Å²) in [6, 6.07) is 17.5. The third-order valence-electron chi connectivity index (χ3n) is 5.56. The highest BCUT2D eigenvalue weighted by molar-refractivity contribution is 5.90. The van der Waals surface area contributed by atoms with E-state index in [1.54, 1.807) is 26.0 Å². The molecule has 0 N–H and O–H groups in total. The number of carbonyl (C=O) groups is 2. The Morgan fingerprint density at radius 1 is 0.629 bits per heavy atom. The zero-order valence-corrected chi connectivity index (χ0v) is 21.0. The van der Waals surface area contributed by atoms with Crippen molar-refractivity contribution >= 4 is 17.5 Å². The standard InChI is InChI=1S/C31H30O4/c1-18(2)23-15-24(28-11-9-26(13-21(28)7)34-30(32)19(3)4)17-25(16-23)29-12-10-27(14-22(29)8)35-31(33)20(5)6/h9-17H,1,3,5H2,2,4,6-8H3. The first-order chi connectivity index (χ1) is 16.5. The summed E-state index contributed by atoms with van der Waals surface area (Å²) in [5.41, 5.74) is 8.70. The van der Waals surface area contributed by atoms with E-state index < -0.39 is 11.9 Å². The Balaban J connectivity index is 2.03. The van der Waals surface area contributed by atoms with Crippen molar-refractivity contribution in [1.82, 2.24) is 0 Å². The van der Waals surface area contributed by atoms with Gasteiger partial charge in [0.15, 0.2) is 0 Å². The smallest absolute Gasteiger partial charge is 0.338 e. The second-order valence-electron chi connectivity index (χ2n) is 8.87. The van der Waals surface area contributed by atoms with Gasteiger partial charge in [-0.2, -0.15) is 0 Å². The third kappa shape index (κ3) is 6.04. The lowest BCUT2D eigenvalue weighted by Crippen LogP contribution is -2.08. The molecule has 0 bridgehead atoms. The molecule has 4 nitrogen and oxygen atoms in total. The molecule has 3 aromatic carbocycles. The number of carbonyl (C=O) groups excluding carboxylic acids is 2. The molecule has 0 saturated heterocycles. The van der Waals surface area contributed by atoms with Crippen LogP contribution in [-0.2, 0) is 9.59 Å². The van der Waals surface area contributed by atoms with Crippen molar-refractivity contribution < 1.29 is 19.1 Å². The summed E-state index contributed by atoms with van der Waals surface area (Å²) in [6.45, 7) is 20.6. The van der Waals surface area contributed by atoms with Crippen LogP contribution >= 0.6 is 0 Å². The molecule has 0 aromatic heterocycles. The van der Waals surface area contributed by atoms with Crippen LogP contribution in [0, 0.1) is 13.8 Å². The zero-order chi connectivity index (χ0) is 25.9. The zero-order valence-electron chi connectivity index (χ0n) is 21.0. The largest absolute Gasteiger partial charge is 0.423 e. The lowest BCUT2D eigenvalue weighted by atomic mass is 9.91. The molecule has 0 aliphatic rings. The van der Waals surface area contributed by atoms with Gasteiger partial charge in [-0.1, -0.05) is 37.4 Å². The fourth-order valence-electron chi connectivity index (χ4n) is 3.62. The molecule has 0 heterocycles. The molecule has 0 radical (unpaired) electrons. The second kappa shape index (κ2) is 10.4. The highest BCUT2D eigenvalue weighted by Crippen LogP contribution is 2.35. The van der Waals surface area contributed by atoms with Gasteiger partial charge >= 0.3 is 11.9 Å². The Morgan fingerprint density at radius 3 is 1.34 bits per heavy atom. The van der Waals surface area contributed by atoms with E-state index in [9.17, 15) is 9.59 Å². The van der Waals surface area contributed by atoms with Crippen LogP contribution in [0.5, 0.6) is 11.5 Å². The van der Waals surface area contributed by atoms with Crippen molar-refractivity contribution in [2.75, 3.05) is 0 Å². The van der Waals surface area contributed by atoms with Crippen molar-refractivity contribution in [2.24, 2.45) is 0 Å². The summed E-state index contributed by atoms with van der Waals surface area (Å²) in [6.07, 6.45) is 0. The maximum absolute atomic E-state index is 11.9. The molecule has 178 valence electrons. The molecule has 0 spiro atoms. The van der Waals surface area contributed by atoms with Crippen LogP contribution in [0.2, 0.25) is 0 Å². The molecule has 4 heteroatoms. The molecule has 0 unspecified atom stereocenters. The minimum atomic E-state index is -0.448. The van der Waals surface area contributed by atoms with E-state index in [4.69, 9.17) is 9.47 Å². The first-order valence-electron chi connectivity index (χ1n) is 11.2. The second-order valence-corrected chi connectivity index (χ2v) is 8.87. The summed E-state index contributed by atoms with van der Waals surface area (Å²) in [7, 11) is 0. The number of hydrogen-bond donors (Lipinski definition) is 0. The van der Waals surface area contributed by atoms with Crippen LogP contribution in [0.4, 0.5) is 0 Å². The Kier molecular flexibility index (Phi) is 7.55. The Morgan fingerprint density at radius 2 is 1.03 bits per heavy atom. The average molecular weight is 467 g/mol. The van der Waals surface area contributed by atoms with Crippen LogP contribution in [0.3, 0.4) is 0 Å². The molecule has 0 aliphatic heterocycles. The van der Waals surface area contributed by atoms with Crippen molar-refractivity contribution in [3.8, 4) is 33.8 Å². The molecule has 0 saturated carbocycles. The van der Waals surface area contributed by atoms with Gasteiger partial charge in [0.25, 0.3) is 0 Å². The van der Waals surface area contributed by atoms with E-state index in [1.165, 1.54) is 0 Å². The van der Waals surface area contributed by atoms with Gasteiger partial charge in [-0.25, -0.2) is 9.59 Å². The number of rotatable bonds is 7. The molecule has 3 rings (SSSR count). The predicted molar refractivity (Wildman–Crippen MR) is 142 cm³/mol. The van der Waals surface area contributed by atoms with E-state index in [1.807, 2.05) is 45.0 Å². The van der Waals surface area contributed by atoms with Gasteiger partial charge in [0.05, 0.1) is 0 Å². The molecule has 0 atom stereocenters. The van der Waals surface area contributed by atoms with Crippen molar-refractivity contribution in [1.29, 1.82) is 0 Å². The maximum atomic E-state index is 11.9. The fourth-order valence-corrected chi connectivity index (χ4v) is 3.62. The average Bonchev–Trinajstić information content (AvgIpc) is 2.78. The predicted octanol–water partition coefficient (Wildman–Crippen LogP) is 7.63. The van der Waals surface area contributed by atoms with Crippen LogP contribution < -0.4 is 9.47 Å². The SMILES string of the molecule is C=C(C)C(=O)Oc1ccc(-c2cc(C(=C)C)cc(-c3ccc(OC(=O)C(=C)C)cc3C)c2)c(C)c1. The van der Waals surface area contributed by atoms with E-state index in [2.05, 4.69) is 37.9 Å². The summed E-state index contributed by atoms with van der Waals surface area (Å²) in [5.74, 6) is 0.0608. The maximum Gasteiger partial charge on any atom is 0.338 e. The molecule has 0 fully saturated rings. The molecule has 3 aromatic rings. The summed E-state index contributed by atoms with van der Waals surface area (Å²) >= 11 is 0. The topological polar surface area (TPSA) is 52.6 Å². The molecule has 0 amide bonds. The number of benzene rings is 3. The number of allylic oxidation sites excluding steroid dienone is 1. The van der Waals surface area contributed by atoms with Crippen LogP contribution in [0.1, 0.15) is 37.5 Å². The van der Waals surface area contributed by atoms with Crippen molar-refractivity contribution in [2.45, 2.75) is 34.6 Å². The van der Waals surface area contributed by atoms with E-state index in [0.29, 0.717) is 22.6 Å². The summed E-state index contributed by atoms with van der Waals surface area (Å²) in [4.78, 5) is 23.8. The Labute approximate surface area is 207 Å². The quantitative estimate of drug-likeness (QED) is 0.204. The van der Waals surface area contributed by atoms with Gasteiger partial charge in [-0.05, 0) is 116 Å². The summed E-state index contributed by atoms with van der Waals surface area (Å²) < 4.78 is 10.8. The highest BCUT2D eigenvalue weighted by atomic mass is 16.5. The van der Waals surface area contributed by atoms with Crippen LogP contribution in [-0.4, -0.2) is 11.9 Å². The number of aryl methyl sites for hydroxylation is 2. The molecular formula is C31H30O4. The number of hydrogen-bond acceptors (Lipinski definition) is 4.